The van der Waals surface area contributed by atoms with E-state index < -0.39 is 10.0 Å². The van der Waals surface area contributed by atoms with Gasteiger partial charge >= 0.3 is 0 Å². The summed E-state index contributed by atoms with van der Waals surface area (Å²) in [5, 5.41) is 4.50. The van der Waals surface area contributed by atoms with Gasteiger partial charge in [0.05, 0.1) is 6.20 Å². The van der Waals surface area contributed by atoms with E-state index in [0.29, 0.717) is 11.4 Å². The van der Waals surface area contributed by atoms with Crippen LogP contribution in [0.15, 0.2) is 41.6 Å². The Morgan fingerprint density at radius 2 is 2.10 bits per heavy atom. The zero-order valence-electron chi connectivity index (χ0n) is 11.2. The van der Waals surface area contributed by atoms with Crippen molar-refractivity contribution in [3.8, 4) is 0 Å². The molecule has 5 nitrogen and oxygen atoms in total. The lowest BCUT2D eigenvalue weighted by Crippen LogP contribution is -2.34. The molecule has 1 atom stereocenters. The molecule has 1 heterocycles. The minimum atomic E-state index is -3.55. The lowest BCUT2D eigenvalue weighted by Gasteiger charge is -2.14. The molecule has 0 saturated heterocycles. The molecule has 1 aromatic heterocycles. The second-order valence-electron chi connectivity index (χ2n) is 4.67. The molecular formula is C13H16ClN3O2S. The van der Waals surface area contributed by atoms with E-state index in [-0.39, 0.29) is 10.9 Å². The summed E-state index contributed by atoms with van der Waals surface area (Å²) >= 11 is 6.07. The Bertz CT molecular complexity index is 697. The van der Waals surface area contributed by atoms with Gasteiger partial charge in [0.2, 0.25) is 10.0 Å². The quantitative estimate of drug-likeness (QED) is 0.918. The molecular weight excluding hydrogens is 298 g/mol. The van der Waals surface area contributed by atoms with Gasteiger partial charge in [-0.2, -0.15) is 5.10 Å². The van der Waals surface area contributed by atoms with Crippen molar-refractivity contribution in [2.24, 2.45) is 7.05 Å². The van der Waals surface area contributed by atoms with Crippen LogP contribution in [0.2, 0.25) is 5.02 Å². The predicted octanol–water partition coefficient (Wildman–Crippen LogP) is 1.98. The number of hydrogen-bond donors (Lipinski definition) is 1. The lowest BCUT2D eigenvalue weighted by molar-refractivity contribution is 0.559. The molecule has 20 heavy (non-hydrogen) atoms. The van der Waals surface area contributed by atoms with E-state index in [1.54, 1.807) is 20.0 Å². The Morgan fingerprint density at radius 1 is 1.40 bits per heavy atom. The van der Waals surface area contributed by atoms with Gasteiger partial charge in [-0.3, -0.25) is 4.68 Å². The van der Waals surface area contributed by atoms with Crippen LogP contribution >= 0.6 is 11.6 Å². The van der Waals surface area contributed by atoms with Crippen molar-refractivity contribution in [1.82, 2.24) is 14.5 Å². The summed E-state index contributed by atoms with van der Waals surface area (Å²) in [4.78, 5) is 0.158. The summed E-state index contributed by atoms with van der Waals surface area (Å²) in [6.07, 6.45) is 3.31. The van der Waals surface area contributed by atoms with Crippen LogP contribution in [0.1, 0.15) is 12.5 Å². The van der Waals surface area contributed by atoms with E-state index in [9.17, 15) is 8.42 Å². The highest BCUT2D eigenvalue weighted by Crippen LogP contribution is 2.17. The number of nitrogens with one attached hydrogen (secondary N) is 1. The van der Waals surface area contributed by atoms with Crippen LogP contribution in [-0.2, 0) is 23.5 Å². The third-order valence-corrected chi connectivity index (χ3v) is 4.74. The molecule has 0 spiro atoms. The molecule has 0 unspecified atom stereocenters. The monoisotopic (exact) mass is 313 g/mol. The summed E-state index contributed by atoms with van der Waals surface area (Å²) < 4.78 is 28.3. The van der Waals surface area contributed by atoms with E-state index in [1.807, 2.05) is 18.2 Å². The van der Waals surface area contributed by atoms with Crippen molar-refractivity contribution in [3.05, 3.63) is 47.2 Å². The highest BCUT2D eigenvalue weighted by molar-refractivity contribution is 7.89. The van der Waals surface area contributed by atoms with Crippen molar-refractivity contribution >= 4 is 21.6 Å². The number of benzene rings is 1. The minimum Gasteiger partial charge on any atom is -0.274 e. The SMILES string of the molecule is C[C@@H](Cc1ccccc1Cl)NS(=O)(=O)c1cnn(C)c1. The molecule has 2 rings (SSSR count). The molecule has 0 radical (unpaired) electrons. The Kier molecular flexibility index (Phi) is 4.47. The van der Waals surface area contributed by atoms with Crippen molar-refractivity contribution in [3.63, 3.8) is 0 Å². The van der Waals surface area contributed by atoms with Gasteiger partial charge in [0.15, 0.2) is 0 Å². The van der Waals surface area contributed by atoms with Gasteiger partial charge in [-0.15, -0.1) is 0 Å². The average Bonchev–Trinajstić information content (AvgIpc) is 2.79. The van der Waals surface area contributed by atoms with E-state index in [4.69, 9.17) is 11.6 Å². The molecule has 1 N–H and O–H groups in total. The molecule has 0 amide bonds. The van der Waals surface area contributed by atoms with Gasteiger partial charge in [-0.25, -0.2) is 13.1 Å². The zero-order valence-corrected chi connectivity index (χ0v) is 12.8. The minimum absolute atomic E-state index is 0.158. The zero-order chi connectivity index (χ0) is 14.8. The molecule has 108 valence electrons. The van der Waals surface area contributed by atoms with Crippen LogP contribution in [0.25, 0.3) is 0 Å². The van der Waals surface area contributed by atoms with Crippen LogP contribution in [0.4, 0.5) is 0 Å². The van der Waals surface area contributed by atoms with Crippen LogP contribution in [0, 0.1) is 0 Å². The second-order valence-corrected chi connectivity index (χ2v) is 6.79. The molecule has 0 aliphatic rings. The highest BCUT2D eigenvalue weighted by atomic mass is 35.5. The smallest absolute Gasteiger partial charge is 0.243 e. The number of halogens is 1. The summed E-state index contributed by atoms with van der Waals surface area (Å²) in [5.74, 6) is 0. The van der Waals surface area contributed by atoms with Crippen molar-refractivity contribution in [2.75, 3.05) is 0 Å². The topological polar surface area (TPSA) is 64.0 Å². The molecule has 0 saturated carbocycles. The Morgan fingerprint density at radius 3 is 2.70 bits per heavy atom. The average molecular weight is 314 g/mol. The normalized spacial score (nSPS) is 13.3. The highest BCUT2D eigenvalue weighted by Gasteiger charge is 2.19. The molecule has 0 fully saturated rings. The summed E-state index contributed by atoms with van der Waals surface area (Å²) in [6, 6.07) is 7.14. The fourth-order valence-corrected chi connectivity index (χ4v) is 3.35. The first-order valence-corrected chi connectivity index (χ1v) is 7.99. The standard InChI is InChI=1S/C13H16ClN3O2S/c1-10(7-11-5-3-4-6-13(11)14)16-20(18,19)12-8-15-17(2)9-12/h3-6,8-10,16H,7H2,1-2H3/t10-/m0/s1. The maximum Gasteiger partial charge on any atom is 0.243 e. The molecule has 7 heteroatoms. The molecule has 0 bridgehead atoms. The van der Waals surface area contributed by atoms with Crippen LogP contribution in [0.5, 0.6) is 0 Å². The van der Waals surface area contributed by atoms with Crippen molar-refractivity contribution in [1.29, 1.82) is 0 Å². The number of aryl methyl sites for hydroxylation is 1. The summed E-state index contributed by atoms with van der Waals surface area (Å²) in [7, 11) is -1.88. The number of nitrogens with zero attached hydrogens (tertiary/aromatic N) is 2. The predicted molar refractivity (Wildman–Crippen MR) is 78.1 cm³/mol. The number of sulfonamides is 1. The third-order valence-electron chi connectivity index (χ3n) is 2.83. The number of aromatic nitrogens is 2. The Labute approximate surface area is 123 Å². The van der Waals surface area contributed by atoms with Crippen molar-refractivity contribution in [2.45, 2.75) is 24.3 Å². The maximum absolute atomic E-state index is 12.1. The lowest BCUT2D eigenvalue weighted by atomic mass is 10.1. The molecule has 0 aliphatic heterocycles. The van der Waals surface area contributed by atoms with E-state index in [1.165, 1.54) is 17.1 Å². The number of rotatable bonds is 5. The Hall–Kier alpha value is -1.37. The first kappa shape index (κ1) is 15.0. The van der Waals surface area contributed by atoms with E-state index in [0.717, 1.165) is 5.56 Å². The third kappa shape index (κ3) is 3.59. The van der Waals surface area contributed by atoms with Gasteiger partial charge in [0, 0.05) is 24.3 Å². The van der Waals surface area contributed by atoms with Crippen LogP contribution < -0.4 is 4.72 Å². The van der Waals surface area contributed by atoms with Gasteiger partial charge in [0.25, 0.3) is 0 Å². The van der Waals surface area contributed by atoms with Crippen molar-refractivity contribution < 1.29 is 8.42 Å². The summed E-state index contributed by atoms with van der Waals surface area (Å²) in [6.45, 7) is 1.80. The molecule has 1 aromatic carbocycles. The van der Waals surface area contributed by atoms with Gasteiger partial charge < -0.3 is 0 Å². The molecule has 2 aromatic rings. The van der Waals surface area contributed by atoms with Gasteiger partial charge in [-0.1, -0.05) is 29.8 Å². The molecule has 0 aliphatic carbocycles. The fourth-order valence-electron chi connectivity index (χ4n) is 1.91. The van der Waals surface area contributed by atoms with Crippen LogP contribution in [0.3, 0.4) is 0 Å². The van der Waals surface area contributed by atoms with Gasteiger partial charge in [-0.05, 0) is 25.0 Å². The maximum atomic E-state index is 12.1. The van der Waals surface area contributed by atoms with E-state index >= 15 is 0 Å². The van der Waals surface area contributed by atoms with Crippen LogP contribution in [-0.4, -0.2) is 24.2 Å². The first-order valence-electron chi connectivity index (χ1n) is 6.13. The van der Waals surface area contributed by atoms with Gasteiger partial charge in [0.1, 0.15) is 4.90 Å². The fraction of sp³-hybridized carbons (Fsp3) is 0.308. The van der Waals surface area contributed by atoms with E-state index in [2.05, 4.69) is 9.82 Å². The Balaban J connectivity index is 2.08. The number of hydrogen-bond acceptors (Lipinski definition) is 3. The largest absolute Gasteiger partial charge is 0.274 e. The first-order chi connectivity index (χ1) is 9.38. The summed E-state index contributed by atoms with van der Waals surface area (Å²) in [5.41, 5.74) is 0.913. The second kappa shape index (κ2) is 5.95.